The molecule has 0 aliphatic carbocycles. The zero-order chi connectivity index (χ0) is 19.7. The van der Waals surface area contributed by atoms with Gasteiger partial charge in [0.1, 0.15) is 5.75 Å². The fourth-order valence-electron chi connectivity index (χ4n) is 2.95. The van der Waals surface area contributed by atoms with Gasteiger partial charge in [0, 0.05) is 17.7 Å². The van der Waals surface area contributed by atoms with E-state index in [0.717, 1.165) is 5.56 Å². The normalized spacial score (nSPS) is 16.1. The van der Waals surface area contributed by atoms with Gasteiger partial charge in [-0.3, -0.25) is 24.6 Å². The molecule has 140 valence electrons. The molecule has 27 heavy (non-hydrogen) atoms. The topological polar surface area (TPSA) is 89.8 Å². The average molecular weight is 368 g/mol. The van der Waals surface area contributed by atoms with E-state index < -0.39 is 11.0 Å². The van der Waals surface area contributed by atoms with E-state index in [2.05, 4.69) is 0 Å². The summed E-state index contributed by atoms with van der Waals surface area (Å²) >= 11 is 0. The van der Waals surface area contributed by atoms with E-state index in [1.54, 1.807) is 12.1 Å². The van der Waals surface area contributed by atoms with Crippen LogP contribution in [0.25, 0.3) is 0 Å². The quantitative estimate of drug-likeness (QED) is 0.457. The van der Waals surface area contributed by atoms with Gasteiger partial charge in [0.05, 0.1) is 17.2 Å². The second kappa shape index (κ2) is 7.19. The first kappa shape index (κ1) is 18.6. The van der Waals surface area contributed by atoms with E-state index in [9.17, 15) is 19.7 Å². The number of benzene rings is 2. The van der Waals surface area contributed by atoms with Gasteiger partial charge in [0.15, 0.2) is 11.9 Å². The number of ketones is 1. The van der Waals surface area contributed by atoms with Gasteiger partial charge in [-0.25, -0.2) is 0 Å². The SMILES string of the molecule is Cc1ccc(C(=O)CN2C(=O)C(C(C)C)Oc3ccc([N+](=O)[O-])cc32)cc1. The number of carbonyl (C=O) groups is 2. The molecule has 0 saturated carbocycles. The lowest BCUT2D eigenvalue weighted by molar-refractivity contribution is -0.384. The maximum Gasteiger partial charge on any atom is 0.271 e. The number of aryl methyl sites for hydroxylation is 1. The fourth-order valence-corrected chi connectivity index (χ4v) is 2.95. The Morgan fingerprint density at radius 3 is 2.48 bits per heavy atom. The van der Waals surface area contributed by atoms with Crippen LogP contribution < -0.4 is 9.64 Å². The molecule has 0 saturated heterocycles. The molecule has 1 heterocycles. The van der Waals surface area contributed by atoms with E-state index in [1.807, 2.05) is 32.9 Å². The lowest BCUT2D eigenvalue weighted by Crippen LogP contribution is -2.50. The second-order valence-corrected chi connectivity index (χ2v) is 6.91. The molecule has 0 bridgehead atoms. The van der Waals surface area contributed by atoms with Crippen LogP contribution in [0.15, 0.2) is 42.5 Å². The number of rotatable bonds is 5. The van der Waals surface area contributed by atoms with Crippen molar-refractivity contribution >= 4 is 23.1 Å². The van der Waals surface area contributed by atoms with Gasteiger partial charge in [-0.05, 0) is 18.9 Å². The molecule has 0 spiro atoms. The van der Waals surface area contributed by atoms with Crippen LogP contribution in [0, 0.1) is 23.0 Å². The number of hydrogen-bond donors (Lipinski definition) is 0. The summed E-state index contributed by atoms with van der Waals surface area (Å²) in [6, 6.07) is 11.1. The summed E-state index contributed by atoms with van der Waals surface area (Å²) in [6.07, 6.45) is -0.746. The third kappa shape index (κ3) is 3.67. The molecule has 1 unspecified atom stereocenters. The van der Waals surface area contributed by atoms with Crippen molar-refractivity contribution in [1.82, 2.24) is 0 Å². The van der Waals surface area contributed by atoms with Crippen molar-refractivity contribution in [3.63, 3.8) is 0 Å². The van der Waals surface area contributed by atoms with Gasteiger partial charge in [-0.15, -0.1) is 0 Å². The number of anilines is 1. The fraction of sp³-hybridized carbons (Fsp3) is 0.300. The van der Waals surface area contributed by atoms with Crippen LogP contribution in [-0.4, -0.2) is 29.3 Å². The molecule has 7 heteroatoms. The van der Waals surface area contributed by atoms with Gasteiger partial charge in [0.2, 0.25) is 0 Å². The van der Waals surface area contributed by atoms with Crippen molar-refractivity contribution in [2.45, 2.75) is 26.9 Å². The number of nitro benzene ring substituents is 1. The standard InChI is InChI=1S/C20H20N2O5/c1-12(2)19-20(24)21(11-17(23)14-6-4-13(3)5-7-14)16-10-15(22(25)26)8-9-18(16)27-19/h4-10,12,19H,11H2,1-3H3. The molecule has 1 amide bonds. The highest BCUT2D eigenvalue weighted by Crippen LogP contribution is 2.38. The van der Waals surface area contributed by atoms with Crippen molar-refractivity contribution < 1.29 is 19.2 Å². The smallest absolute Gasteiger partial charge is 0.271 e. The predicted molar refractivity (Wildman–Crippen MR) is 100 cm³/mol. The van der Waals surface area contributed by atoms with Gasteiger partial charge in [0.25, 0.3) is 11.6 Å². The van der Waals surface area contributed by atoms with Crippen LogP contribution in [0.4, 0.5) is 11.4 Å². The summed E-state index contributed by atoms with van der Waals surface area (Å²) in [6.45, 7) is 5.41. The first-order chi connectivity index (χ1) is 12.8. The zero-order valence-corrected chi connectivity index (χ0v) is 15.3. The number of ether oxygens (including phenoxy) is 1. The van der Waals surface area contributed by atoms with E-state index >= 15 is 0 Å². The molecule has 1 aliphatic heterocycles. The van der Waals surface area contributed by atoms with Crippen LogP contribution in [0.5, 0.6) is 5.75 Å². The predicted octanol–water partition coefficient (Wildman–Crippen LogP) is 3.54. The Kier molecular flexibility index (Phi) is 4.94. The average Bonchev–Trinajstić information content (AvgIpc) is 2.63. The molecule has 0 aromatic heterocycles. The number of amides is 1. The van der Waals surface area contributed by atoms with Crippen molar-refractivity contribution in [3.8, 4) is 5.75 Å². The van der Waals surface area contributed by atoms with E-state index in [1.165, 1.54) is 23.1 Å². The van der Waals surface area contributed by atoms with Crippen molar-refractivity contribution in [3.05, 3.63) is 63.7 Å². The Morgan fingerprint density at radius 2 is 1.89 bits per heavy atom. The summed E-state index contributed by atoms with van der Waals surface area (Å²) in [5, 5.41) is 11.1. The van der Waals surface area contributed by atoms with E-state index in [-0.39, 0.29) is 35.5 Å². The van der Waals surface area contributed by atoms with Crippen LogP contribution in [0.3, 0.4) is 0 Å². The zero-order valence-electron chi connectivity index (χ0n) is 15.3. The molecule has 0 N–H and O–H groups in total. The molecule has 7 nitrogen and oxygen atoms in total. The first-order valence-corrected chi connectivity index (χ1v) is 8.64. The minimum atomic E-state index is -0.746. The van der Waals surface area contributed by atoms with E-state index in [0.29, 0.717) is 11.3 Å². The second-order valence-electron chi connectivity index (χ2n) is 6.91. The molecular formula is C20H20N2O5. The Balaban J connectivity index is 1.99. The Labute approximate surface area is 156 Å². The third-order valence-electron chi connectivity index (χ3n) is 4.49. The van der Waals surface area contributed by atoms with Crippen LogP contribution in [-0.2, 0) is 4.79 Å². The molecule has 1 aliphatic rings. The van der Waals surface area contributed by atoms with E-state index in [4.69, 9.17) is 4.74 Å². The molecule has 3 rings (SSSR count). The molecular weight excluding hydrogens is 348 g/mol. The number of Topliss-reactive ketones (excluding diaryl/α,β-unsaturated/α-hetero) is 1. The van der Waals surface area contributed by atoms with Crippen molar-refractivity contribution in [2.24, 2.45) is 5.92 Å². The number of nitro groups is 1. The molecule has 0 fully saturated rings. The molecule has 2 aromatic rings. The number of non-ortho nitro benzene ring substituents is 1. The molecule has 1 atom stereocenters. The minimum absolute atomic E-state index is 0.113. The van der Waals surface area contributed by atoms with Gasteiger partial charge >= 0.3 is 0 Å². The maximum atomic E-state index is 12.9. The highest BCUT2D eigenvalue weighted by atomic mass is 16.6. The minimum Gasteiger partial charge on any atom is -0.478 e. The Hall–Kier alpha value is -3.22. The van der Waals surface area contributed by atoms with Gasteiger partial charge in [-0.2, -0.15) is 0 Å². The maximum absolute atomic E-state index is 12.9. The lowest BCUT2D eigenvalue weighted by Gasteiger charge is -2.35. The largest absolute Gasteiger partial charge is 0.478 e. The summed E-state index contributed by atoms with van der Waals surface area (Å²) < 4.78 is 5.75. The van der Waals surface area contributed by atoms with Gasteiger partial charge in [-0.1, -0.05) is 43.7 Å². The first-order valence-electron chi connectivity index (χ1n) is 8.64. The third-order valence-corrected chi connectivity index (χ3v) is 4.49. The lowest BCUT2D eigenvalue weighted by atomic mass is 10.0. The van der Waals surface area contributed by atoms with Crippen molar-refractivity contribution in [1.29, 1.82) is 0 Å². The molecule has 0 radical (unpaired) electrons. The summed E-state index contributed by atoms with van der Waals surface area (Å²) in [4.78, 5) is 37.5. The monoisotopic (exact) mass is 368 g/mol. The number of fused-ring (bicyclic) bond motifs is 1. The highest BCUT2D eigenvalue weighted by molar-refractivity contribution is 6.08. The summed E-state index contributed by atoms with van der Waals surface area (Å²) in [5.74, 6) is -0.378. The number of carbonyl (C=O) groups excluding carboxylic acids is 2. The van der Waals surface area contributed by atoms with Crippen LogP contribution in [0.1, 0.15) is 29.8 Å². The van der Waals surface area contributed by atoms with Crippen LogP contribution in [0.2, 0.25) is 0 Å². The summed E-state index contributed by atoms with van der Waals surface area (Å²) in [7, 11) is 0. The Morgan fingerprint density at radius 1 is 1.22 bits per heavy atom. The summed E-state index contributed by atoms with van der Waals surface area (Å²) in [5.41, 5.74) is 1.58. The van der Waals surface area contributed by atoms with Crippen molar-refractivity contribution in [2.75, 3.05) is 11.4 Å². The number of hydrogen-bond acceptors (Lipinski definition) is 5. The van der Waals surface area contributed by atoms with Crippen LogP contribution >= 0.6 is 0 Å². The molecule has 2 aromatic carbocycles. The number of nitrogens with zero attached hydrogens (tertiary/aromatic N) is 2. The van der Waals surface area contributed by atoms with Gasteiger partial charge < -0.3 is 4.74 Å². The Bertz CT molecular complexity index is 905. The highest BCUT2D eigenvalue weighted by Gasteiger charge is 2.38.